The van der Waals surface area contributed by atoms with Crippen LogP contribution in [-0.2, 0) is 14.3 Å². The van der Waals surface area contributed by atoms with E-state index in [9.17, 15) is 9.59 Å². The van der Waals surface area contributed by atoms with Crippen molar-refractivity contribution in [2.75, 3.05) is 59.0 Å². The summed E-state index contributed by atoms with van der Waals surface area (Å²) in [4.78, 5) is 29.1. The molecular weight excluding hydrogens is 320 g/mol. The molecule has 25 heavy (non-hydrogen) atoms. The molecule has 7 nitrogen and oxygen atoms in total. The molecule has 3 heterocycles. The van der Waals surface area contributed by atoms with E-state index in [2.05, 4.69) is 15.5 Å². The largest absolute Gasteiger partial charge is 0.379 e. The highest BCUT2D eigenvalue weighted by Crippen LogP contribution is 2.58. The van der Waals surface area contributed by atoms with Crippen molar-refractivity contribution in [1.82, 2.24) is 20.4 Å². The van der Waals surface area contributed by atoms with E-state index in [4.69, 9.17) is 4.74 Å². The van der Waals surface area contributed by atoms with Crippen LogP contribution in [0.1, 0.15) is 25.7 Å². The second kappa shape index (κ2) is 7.21. The molecule has 0 aromatic carbocycles. The van der Waals surface area contributed by atoms with Crippen molar-refractivity contribution in [1.29, 1.82) is 0 Å². The lowest BCUT2D eigenvalue weighted by Crippen LogP contribution is -2.43. The molecule has 0 aromatic rings. The van der Waals surface area contributed by atoms with Crippen molar-refractivity contribution in [3.63, 3.8) is 0 Å². The van der Waals surface area contributed by atoms with Gasteiger partial charge in [-0.3, -0.25) is 14.5 Å². The maximum absolute atomic E-state index is 12.6. The van der Waals surface area contributed by atoms with Gasteiger partial charge in [0.25, 0.3) is 0 Å². The van der Waals surface area contributed by atoms with Crippen LogP contribution in [0.5, 0.6) is 0 Å². The lowest BCUT2D eigenvalue weighted by atomic mass is 9.91. The zero-order chi connectivity index (χ0) is 17.3. The number of hydrogen-bond donors (Lipinski definition) is 2. The second-order valence-electron chi connectivity index (χ2n) is 8.07. The van der Waals surface area contributed by atoms with E-state index in [0.717, 1.165) is 71.7 Å². The van der Waals surface area contributed by atoms with Gasteiger partial charge < -0.3 is 20.3 Å². The van der Waals surface area contributed by atoms with Crippen LogP contribution in [0, 0.1) is 11.3 Å². The van der Waals surface area contributed by atoms with Crippen LogP contribution in [0.3, 0.4) is 0 Å². The quantitative estimate of drug-likeness (QED) is 0.694. The van der Waals surface area contributed by atoms with Crippen molar-refractivity contribution in [2.24, 2.45) is 11.3 Å². The zero-order valence-corrected chi connectivity index (χ0v) is 15.0. The SMILES string of the molecule is O=C(NC1CC(=O)N(CCN2CCOCC2)C1)C1CC12CCNCC2. The Morgan fingerprint density at radius 3 is 2.76 bits per heavy atom. The average molecular weight is 350 g/mol. The summed E-state index contributed by atoms with van der Waals surface area (Å²) in [6.07, 6.45) is 3.71. The number of carbonyl (C=O) groups is 2. The Kier molecular flexibility index (Phi) is 4.97. The van der Waals surface area contributed by atoms with Crippen LogP contribution in [0.4, 0.5) is 0 Å². The molecule has 1 saturated carbocycles. The Hall–Kier alpha value is -1.18. The van der Waals surface area contributed by atoms with Gasteiger partial charge in [-0.05, 0) is 37.8 Å². The van der Waals surface area contributed by atoms with Crippen molar-refractivity contribution in [3.05, 3.63) is 0 Å². The molecule has 2 amide bonds. The first-order valence-corrected chi connectivity index (χ1v) is 9.75. The topological polar surface area (TPSA) is 73.9 Å². The fourth-order valence-corrected chi connectivity index (χ4v) is 4.67. The number of rotatable bonds is 5. The van der Waals surface area contributed by atoms with Gasteiger partial charge in [0, 0.05) is 45.1 Å². The molecule has 0 aromatic heterocycles. The smallest absolute Gasteiger partial charge is 0.224 e. The molecule has 4 fully saturated rings. The van der Waals surface area contributed by atoms with Gasteiger partial charge in [-0.2, -0.15) is 0 Å². The molecule has 4 aliphatic rings. The minimum Gasteiger partial charge on any atom is -0.379 e. The maximum Gasteiger partial charge on any atom is 0.224 e. The molecule has 0 bridgehead atoms. The summed E-state index contributed by atoms with van der Waals surface area (Å²) < 4.78 is 5.36. The Bertz CT molecular complexity index is 514. The van der Waals surface area contributed by atoms with Gasteiger partial charge in [0.15, 0.2) is 0 Å². The molecule has 1 spiro atoms. The van der Waals surface area contributed by atoms with Crippen molar-refractivity contribution >= 4 is 11.8 Å². The minimum absolute atomic E-state index is 0.0101. The van der Waals surface area contributed by atoms with Crippen LogP contribution >= 0.6 is 0 Å². The predicted molar refractivity (Wildman–Crippen MR) is 93.0 cm³/mol. The van der Waals surface area contributed by atoms with Gasteiger partial charge in [-0.15, -0.1) is 0 Å². The first-order valence-electron chi connectivity index (χ1n) is 9.75. The normalized spacial score (nSPS) is 32.2. The summed E-state index contributed by atoms with van der Waals surface area (Å²) >= 11 is 0. The summed E-state index contributed by atoms with van der Waals surface area (Å²) in [6.45, 7) is 7.83. The van der Waals surface area contributed by atoms with Gasteiger partial charge in [-0.1, -0.05) is 0 Å². The van der Waals surface area contributed by atoms with Crippen LogP contribution in [0.2, 0.25) is 0 Å². The molecule has 7 heteroatoms. The predicted octanol–water partition coefficient (Wildman–Crippen LogP) is -0.575. The van der Waals surface area contributed by atoms with Gasteiger partial charge in [-0.25, -0.2) is 0 Å². The molecule has 3 aliphatic heterocycles. The zero-order valence-electron chi connectivity index (χ0n) is 15.0. The molecule has 140 valence electrons. The van der Waals surface area contributed by atoms with Crippen LogP contribution in [0.25, 0.3) is 0 Å². The Morgan fingerprint density at radius 1 is 1.24 bits per heavy atom. The standard InChI is InChI=1S/C18H30N4O3/c23-16-11-14(13-22(16)6-5-21-7-9-25-10-8-21)20-17(24)15-12-18(15)1-3-19-4-2-18/h14-15,19H,1-13H2,(H,20,24). The van der Waals surface area contributed by atoms with Crippen molar-refractivity contribution in [2.45, 2.75) is 31.7 Å². The number of ether oxygens (including phenoxy) is 1. The minimum atomic E-state index is -0.0101. The Morgan fingerprint density at radius 2 is 2.00 bits per heavy atom. The van der Waals surface area contributed by atoms with E-state index in [1.807, 2.05) is 4.90 Å². The third-order valence-electron chi connectivity index (χ3n) is 6.46. The number of piperidine rings is 1. The van der Waals surface area contributed by atoms with Crippen molar-refractivity contribution < 1.29 is 14.3 Å². The van der Waals surface area contributed by atoms with E-state index in [1.54, 1.807) is 0 Å². The summed E-state index contributed by atoms with van der Waals surface area (Å²) in [6, 6.07) is -0.0101. The van der Waals surface area contributed by atoms with E-state index in [0.29, 0.717) is 13.0 Å². The number of amides is 2. The fraction of sp³-hybridized carbons (Fsp3) is 0.889. The van der Waals surface area contributed by atoms with Gasteiger partial charge in [0.05, 0.1) is 19.3 Å². The van der Waals surface area contributed by atoms with E-state index < -0.39 is 0 Å². The number of hydrogen-bond acceptors (Lipinski definition) is 5. The number of nitrogens with one attached hydrogen (secondary N) is 2. The fourth-order valence-electron chi connectivity index (χ4n) is 4.67. The Balaban J connectivity index is 1.21. The average Bonchev–Trinajstić information content (AvgIpc) is 3.20. The van der Waals surface area contributed by atoms with E-state index in [1.165, 1.54) is 0 Å². The second-order valence-corrected chi connectivity index (χ2v) is 8.07. The van der Waals surface area contributed by atoms with Gasteiger partial charge >= 0.3 is 0 Å². The highest BCUT2D eigenvalue weighted by Gasteiger charge is 2.57. The summed E-state index contributed by atoms with van der Waals surface area (Å²) in [5.74, 6) is 0.521. The highest BCUT2D eigenvalue weighted by atomic mass is 16.5. The number of morpholine rings is 1. The summed E-state index contributed by atoms with van der Waals surface area (Å²) in [5.41, 5.74) is 0.258. The molecule has 0 radical (unpaired) electrons. The first-order chi connectivity index (χ1) is 12.2. The molecule has 2 unspecified atom stereocenters. The molecule has 2 atom stereocenters. The monoisotopic (exact) mass is 350 g/mol. The van der Waals surface area contributed by atoms with Gasteiger partial charge in [0.2, 0.25) is 11.8 Å². The lowest BCUT2D eigenvalue weighted by molar-refractivity contribution is -0.128. The third kappa shape index (κ3) is 3.83. The highest BCUT2D eigenvalue weighted by molar-refractivity contribution is 5.85. The molecule has 2 N–H and O–H groups in total. The maximum atomic E-state index is 12.6. The van der Waals surface area contributed by atoms with Crippen molar-refractivity contribution in [3.8, 4) is 0 Å². The van der Waals surface area contributed by atoms with Crippen LogP contribution < -0.4 is 10.6 Å². The number of likely N-dealkylation sites (tertiary alicyclic amines) is 1. The van der Waals surface area contributed by atoms with Crippen LogP contribution in [0.15, 0.2) is 0 Å². The lowest BCUT2D eigenvalue weighted by Gasteiger charge is -2.28. The van der Waals surface area contributed by atoms with E-state index >= 15 is 0 Å². The molecular formula is C18H30N4O3. The third-order valence-corrected chi connectivity index (χ3v) is 6.46. The first kappa shape index (κ1) is 17.2. The summed E-state index contributed by atoms with van der Waals surface area (Å²) in [5, 5.41) is 6.53. The van der Waals surface area contributed by atoms with E-state index in [-0.39, 0.29) is 29.2 Å². The summed E-state index contributed by atoms with van der Waals surface area (Å²) in [7, 11) is 0. The van der Waals surface area contributed by atoms with Gasteiger partial charge in [0.1, 0.15) is 0 Å². The molecule has 3 saturated heterocycles. The Labute approximate surface area is 149 Å². The molecule has 4 rings (SSSR count). The number of nitrogens with zero attached hydrogens (tertiary/aromatic N) is 2. The number of carbonyl (C=O) groups excluding carboxylic acids is 2. The molecule has 1 aliphatic carbocycles. The van der Waals surface area contributed by atoms with Crippen LogP contribution in [-0.4, -0.2) is 86.7 Å².